The molecule has 2 nitrogen and oxygen atoms in total. The van der Waals surface area contributed by atoms with Crippen molar-refractivity contribution in [1.82, 2.24) is 0 Å². The lowest BCUT2D eigenvalue weighted by Gasteiger charge is -2.06. The van der Waals surface area contributed by atoms with Crippen molar-refractivity contribution in [1.29, 1.82) is 0 Å². The van der Waals surface area contributed by atoms with E-state index in [0.717, 1.165) is 12.8 Å². The second-order valence-corrected chi connectivity index (χ2v) is 19.3. The third-order valence-corrected chi connectivity index (χ3v) is 13.2. The molecule has 0 aromatic rings. The minimum Gasteiger partial charge on any atom is -0.466 e. The van der Waals surface area contributed by atoms with Crippen molar-refractivity contribution < 1.29 is 9.53 Å². The van der Waals surface area contributed by atoms with Crippen LogP contribution in [0.3, 0.4) is 0 Å². The third-order valence-electron chi connectivity index (χ3n) is 13.2. The van der Waals surface area contributed by atoms with Gasteiger partial charge >= 0.3 is 5.97 Å². The van der Waals surface area contributed by atoms with Crippen molar-refractivity contribution in [3.8, 4) is 0 Å². The standard InChI is InChI=1S/C57H112O2/c1-3-5-7-9-11-13-15-17-19-21-23-24-25-26-27-28-29-30-31-32-33-34-35-36-38-40-42-44-46-48-50-52-54-56-59-57(58)55-53-51-49-47-45-43-41-39-37-22-20-18-16-14-12-10-8-6-4-2/h18,20H,3-17,19,21-56H2,1-2H3. The van der Waals surface area contributed by atoms with E-state index in [-0.39, 0.29) is 5.97 Å². The molecule has 352 valence electrons. The lowest BCUT2D eigenvalue weighted by molar-refractivity contribution is -0.143. The fourth-order valence-electron chi connectivity index (χ4n) is 8.96. The SMILES string of the molecule is CCCCCCCCC=CCCCCCCCCCCCC(=O)OCCCCCCCCCCCCCCCCCCCCCCCCCCCCCCCCCCC. The molecule has 0 bridgehead atoms. The number of hydrogen-bond donors (Lipinski definition) is 0. The Kier molecular flexibility index (Phi) is 54.5. The van der Waals surface area contributed by atoms with Crippen LogP contribution in [0.15, 0.2) is 12.2 Å². The first-order chi connectivity index (χ1) is 29.3. The van der Waals surface area contributed by atoms with E-state index in [9.17, 15) is 4.79 Å². The van der Waals surface area contributed by atoms with Crippen LogP contribution < -0.4 is 0 Å². The second-order valence-electron chi connectivity index (χ2n) is 19.3. The van der Waals surface area contributed by atoms with E-state index >= 15 is 0 Å². The van der Waals surface area contributed by atoms with Gasteiger partial charge in [-0.05, 0) is 38.5 Å². The van der Waals surface area contributed by atoms with Gasteiger partial charge in [0, 0.05) is 6.42 Å². The Balaban J connectivity index is 3.15. The quantitative estimate of drug-likeness (QED) is 0.0347. The molecule has 0 fully saturated rings. The van der Waals surface area contributed by atoms with Crippen LogP contribution in [0.25, 0.3) is 0 Å². The molecular weight excluding hydrogens is 717 g/mol. The van der Waals surface area contributed by atoms with Crippen LogP contribution in [0, 0.1) is 0 Å². The molecule has 0 rings (SSSR count). The molecule has 0 atom stereocenters. The summed E-state index contributed by atoms with van der Waals surface area (Å²) >= 11 is 0. The molecule has 0 aromatic heterocycles. The van der Waals surface area contributed by atoms with E-state index in [2.05, 4.69) is 26.0 Å². The topological polar surface area (TPSA) is 26.3 Å². The Bertz CT molecular complexity index is 773. The number of unbranched alkanes of at least 4 members (excludes halogenated alkanes) is 47. The fourth-order valence-corrected chi connectivity index (χ4v) is 8.96. The number of esters is 1. The van der Waals surface area contributed by atoms with Gasteiger partial charge in [-0.25, -0.2) is 0 Å². The van der Waals surface area contributed by atoms with Gasteiger partial charge in [0.1, 0.15) is 0 Å². The molecule has 59 heavy (non-hydrogen) atoms. The Morgan fingerprint density at radius 3 is 0.729 bits per heavy atom. The largest absolute Gasteiger partial charge is 0.466 e. The summed E-state index contributed by atoms with van der Waals surface area (Å²) in [6, 6.07) is 0. The van der Waals surface area contributed by atoms with E-state index < -0.39 is 0 Å². The monoisotopic (exact) mass is 829 g/mol. The number of rotatable bonds is 53. The van der Waals surface area contributed by atoms with Gasteiger partial charge in [-0.1, -0.05) is 309 Å². The Morgan fingerprint density at radius 1 is 0.271 bits per heavy atom. The summed E-state index contributed by atoms with van der Waals surface area (Å²) in [6.07, 6.45) is 75.3. The zero-order valence-corrected chi connectivity index (χ0v) is 41.2. The molecule has 0 aliphatic heterocycles. The zero-order chi connectivity index (χ0) is 42.5. The van der Waals surface area contributed by atoms with Crippen LogP contribution in [0.2, 0.25) is 0 Å². The minimum atomic E-state index is 0.0296. The van der Waals surface area contributed by atoms with Gasteiger partial charge in [-0.2, -0.15) is 0 Å². The number of allylic oxidation sites excluding steroid dienone is 2. The molecule has 0 aromatic carbocycles. The van der Waals surface area contributed by atoms with Crippen molar-refractivity contribution >= 4 is 5.97 Å². The highest BCUT2D eigenvalue weighted by Crippen LogP contribution is 2.18. The molecule has 2 heteroatoms. The maximum atomic E-state index is 12.1. The number of ether oxygens (including phenoxy) is 1. The first kappa shape index (κ1) is 58.2. The molecule has 0 radical (unpaired) electrons. The van der Waals surface area contributed by atoms with Crippen molar-refractivity contribution in [2.75, 3.05) is 6.61 Å². The lowest BCUT2D eigenvalue weighted by atomic mass is 10.0. The highest BCUT2D eigenvalue weighted by molar-refractivity contribution is 5.69. The fraction of sp³-hybridized carbons (Fsp3) is 0.947. The van der Waals surface area contributed by atoms with Gasteiger partial charge < -0.3 is 4.74 Å². The van der Waals surface area contributed by atoms with Crippen LogP contribution in [0.4, 0.5) is 0 Å². The van der Waals surface area contributed by atoms with E-state index in [1.54, 1.807) is 0 Å². The summed E-state index contributed by atoms with van der Waals surface area (Å²) in [7, 11) is 0. The van der Waals surface area contributed by atoms with Crippen molar-refractivity contribution in [3.05, 3.63) is 12.2 Å². The number of hydrogen-bond acceptors (Lipinski definition) is 2. The Morgan fingerprint density at radius 2 is 0.475 bits per heavy atom. The van der Waals surface area contributed by atoms with Gasteiger partial charge in [0.25, 0.3) is 0 Å². The molecular formula is C57H112O2. The van der Waals surface area contributed by atoms with Crippen LogP contribution in [-0.4, -0.2) is 12.6 Å². The van der Waals surface area contributed by atoms with Crippen LogP contribution in [0.1, 0.15) is 341 Å². The molecule has 0 amide bonds. The van der Waals surface area contributed by atoms with Crippen LogP contribution in [-0.2, 0) is 9.53 Å². The number of carbonyl (C=O) groups is 1. The Labute approximate surface area is 374 Å². The zero-order valence-electron chi connectivity index (χ0n) is 41.2. The van der Waals surface area contributed by atoms with Crippen molar-refractivity contribution in [2.45, 2.75) is 341 Å². The highest BCUT2D eigenvalue weighted by Gasteiger charge is 2.03. The molecule has 0 spiro atoms. The van der Waals surface area contributed by atoms with E-state index in [4.69, 9.17) is 4.74 Å². The smallest absolute Gasteiger partial charge is 0.305 e. The van der Waals surface area contributed by atoms with Gasteiger partial charge in [0.05, 0.1) is 6.61 Å². The summed E-state index contributed by atoms with van der Waals surface area (Å²) in [5.74, 6) is 0.0296. The lowest BCUT2D eigenvalue weighted by Crippen LogP contribution is -2.05. The first-order valence-electron chi connectivity index (χ1n) is 28.1. The van der Waals surface area contributed by atoms with Crippen LogP contribution >= 0.6 is 0 Å². The average Bonchev–Trinajstić information content (AvgIpc) is 3.24. The maximum absolute atomic E-state index is 12.1. The molecule has 0 unspecified atom stereocenters. The third kappa shape index (κ3) is 55.2. The first-order valence-corrected chi connectivity index (χ1v) is 28.1. The van der Waals surface area contributed by atoms with E-state index in [0.29, 0.717) is 13.0 Å². The molecule has 0 saturated carbocycles. The molecule has 0 saturated heterocycles. The van der Waals surface area contributed by atoms with E-state index in [1.807, 2.05) is 0 Å². The van der Waals surface area contributed by atoms with Crippen LogP contribution in [0.5, 0.6) is 0 Å². The normalized spacial score (nSPS) is 11.7. The van der Waals surface area contributed by atoms with Gasteiger partial charge in [0.15, 0.2) is 0 Å². The van der Waals surface area contributed by atoms with Gasteiger partial charge in [-0.15, -0.1) is 0 Å². The highest BCUT2D eigenvalue weighted by atomic mass is 16.5. The Hall–Kier alpha value is -0.790. The summed E-state index contributed by atoms with van der Waals surface area (Å²) in [4.78, 5) is 12.1. The minimum absolute atomic E-state index is 0.0296. The molecule has 0 heterocycles. The van der Waals surface area contributed by atoms with Gasteiger partial charge in [-0.3, -0.25) is 4.79 Å². The summed E-state index contributed by atoms with van der Waals surface area (Å²) in [6.45, 7) is 5.23. The maximum Gasteiger partial charge on any atom is 0.305 e. The van der Waals surface area contributed by atoms with E-state index in [1.165, 1.54) is 308 Å². The average molecular weight is 830 g/mol. The number of carbonyl (C=O) groups excluding carboxylic acids is 1. The molecule has 0 aliphatic rings. The second kappa shape index (κ2) is 55.2. The van der Waals surface area contributed by atoms with Gasteiger partial charge in [0.2, 0.25) is 0 Å². The van der Waals surface area contributed by atoms with Crippen molar-refractivity contribution in [2.24, 2.45) is 0 Å². The predicted molar refractivity (Wildman–Crippen MR) is 267 cm³/mol. The summed E-state index contributed by atoms with van der Waals surface area (Å²) in [5, 5.41) is 0. The summed E-state index contributed by atoms with van der Waals surface area (Å²) in [5.41, 5.74) is 0. The van der Waals surface area contributed by atoms with Crippen molar-refractivity contribution in [3.63, 3.8) is 0 Å². The molecule has 0 aliphatic carbocycles. The molecule has 0 N–H and O–H groups in total. The summed E-state index contributed by atoms with van der Waals surface area (Å²) < 4.78 is 5.50. The predicted octanol–water partition coefficient (Wildman–Crippen LogP) is 21.0.